The highest BCUT2D eigenvalue weighted by Crippen LogP contribution is 2.33. The van der Waals surface area contributed by atoms with Gasteiger partial charge in [-0.05, 0) is 38.0 Å². The van der Waals surface area contributed by atoms with Gasteiger partial charge >= 0.3 is 0 Å². The summed E-state index contributed by atoms with van der Waals surface area (Å²) < 4.78 is 0. The summed E-state index contributed by atoms with van der Waals surface area (Å²) in [5, 5.41) is 0.802. The lowest BCUT2D eigenvalue weighted by molar-refractivity contribution is 0.112. The van der Waals surface area contributed by atoms with E-state index in [2.05, 4.69) is 22.1 Å². The molecule has 0 unspecified atom stereocenters. The minimum absolute atomic E-state index is 0.204. The highest BCUT2D eigenvalue weighted by Gasteiger charge is 2.13. The Morgan fingerprint density at radius 3 is 2.63 bits per heavy atom. The normalized spacial score (nSPS) is 10.5. The Hall–Kier alpha value is -1.39. The molecule has 3 nitrogen and oxygen atoms in total. The van der Waals surface area contributed by atoms with E-state index in [1.54, 1.807) is 6.92 Å². The van der Waals surface area contributed by atoms with E-state index < -0.39 is 0 Å². The molecule has 19 heavy (non-hydrogen) atoms. The molecule has 0 aliphatic rings. The van der Waals surface area contributed by atoms with Crippen LogP contribution in [0.4, 0.5) is 0 Å². The Bertz CT molecular complexity index is 644. The summed E-state index contributed by atoms with van der Waals surface area (Å²) in [7, 11) is 0. The van der Waals surface area contributed by atoms with E-state index >= 15 is 0 Å². The fourth-order valence-corrected chi connectivity index (χ4v) is 3.05. The van der Waals surface area contributed by atoms with E-state index in [1.807, 2.05) is 19.9 Å². The number of hydrogen-bond donors (Lipinski definition) is 0. The molecule has 0 radical (unpaired) electrons. The smallest absolute Gasteiger partial charge is 0.155 e. The molecule has 0 N–H and O–H groups in total. The molecule has 0 fully saturated rings. The lowest BCUT2D eigenvalue weighted by atomic mass is 10.2. The number of carbonyl (C=O) groups excluding carboxylic acids is 1. The lowest BCUT2D eigenvalue weighted by Crippen LogP contribution is -1.98. The molecular weight excluding hydrogens is 280 g/mol. The number of rotatable bonds is 3. The molecule has 5 heteroatoms. The van der Waals surface area contributed by atoms with E-state index in [4.69, 9.17) is 11.6 Å². The Balaban J connectivity index is 2.48. The molecule has 0 saturated heterocycles. The first-order chi connectivity index (χ1) is 9.01. The number of aryl methyl sites for hydroxylation is 3. The number of halogens is 1. The second-order valence-corrected chi connectivity index (χ2v) is 5.66. The van der Waals surface area contributed by atoms with Gasteiger partial charge < -0.3 is 0 Å². The van der Waals surface area contributed by atoms with Crippen LogP contribution in [-0.4, -0.2) is 16.3 Å². The van der Waals surface area contributed by atoms with Gasteiger partial charge in [0.1, 0.15) is 16.0 Å². The lowest BCUT2D eigenvalue weighted by Gasteiger charge is -2.09. The van der Waals surface area contributed by atoms with Crippen molar-refractivity contribution < 1.29 is 4.79 Å². The number of carbonyl (C=O) groups is 1. The van der Waals surface area contributed by atoms with Crippen LogP contribution < -0.4 is 0 Å². The van der Waals surface area contributed by atoms with Crippen LogP contribution >= 0.6 is 23.4 Å². The Labute approximate surface area is 121 Å². The zero-order chi connectivity index (χ0) is 14.0. The quantitative estimate of drug-likeness (QED) is 0.633. The average molecular weight is 293 g/mol. The minimum atomic E-state index is 0.204. The maximum absolute atomic E-state index is 11.1. The van der Waals surface area contributed by atoms with Crippen molar-refractivity contribution in [2.45, 2.75) is 30.7 Å². The highest BCUT2D eigenvalue weighted by molar-refractivity contribution is 7.99. The first-order valence-electron chi connectivity index (χ1n) is 5.75. The predicted molar refractivity (Wildman–Crippen MR) is 77.2 cm³/mol. The summed E-state index contributed by atoms with van der Waals surface area (Å²) in [5.74, 6) is 0.559. The van der Waals surface area contributed by atoms with Crippen molar-refractivity contribution in [1.82, 2.24) is 9.97 Å². The molecule has 0 atom stereocenters. The second kappa shape index (κ2) is 5.72. The van der Waals surface area contributed by atoms with Gasteiger partial charge in [0.2, 0.25) is 0 Å². The van der Waals surface area contributed by atoms with Crippen LogP contribution in [0.2, 0.25) is 5.15 Å². The van der Waals surface area contributed by atoms with Gasteiger partial charge in [0, 0.05) is 4.90 Å². The van der Waals surface area contributed by atoms with Crippen LogP contribution in [0.15, 0.2) is 28.1 Å². The van der Waals surface area contributed by atoms with Gasteiger partial charge in [-0.25, -0.2) is 9.97 Å². The van der Waals surface area contributed by atoms with Crippen molar-refractivity contribution in [3.05, 3.63) is 45.9 Å². The Morgan fingerprint density at radius 2 is 1.95 bits per heavy atom. The van der Waals surface area contributed by atoms with E-state index in [0.717, 1.165) is 16.0 Å². The summed E-state index contributed by atoms with van der Waals surface area (Å²) in [6.07, 6.45) is 0.704. The molecule has 0 aliphatic carbocycles. The molecule has 1 heterocycles. The fraction of sp³-hybridized carbons (Fsp3) is 0.214. The topological polar surface area (TPSA) is 42.9 Å². The number of hydrogen-bond acceptors (Lipinski definition) is 4. The molecule has 1 aromatic carbocycles. The summed E-state index contributed by atoms with van der Waals surface area (Å²) in [6, 6.07) is 6.17. The standard InChI is InChI=1S/C14H13ClN2OS/c1-8-4-5-9(2)12(6-8)19-14-11(7-18)13(15)16-10(3)17-14/h4-7H,1-3H3. The zero-order valence-electron chi connectivity index (χ0n) is 10.9. The molecule has 0 bridgehead atoms. The summed E-state index contributed by atoms with van der Waals surface area (Å²) in [5.41, 5.74) is 2.65. The van der Waals surface area contributed by atoms with Gasteiger partial charge in [0.15, 0.2) is 6.29 Å². The van der Waals surface area contributed by atoms with Crippen LogP contribution in [-0.2, 0) is 0 Å². The van der Waals surface area contributed by atoms with Gasteiger partial charge in [-0.3, -0.25) is 4.79 Å². The number of nitrogens with zero attached hydrogens (tertiary/aromatic N) is 2. The van der Waals surface area contributed by atoms with Gasteiger partial charge in [-0.2, -0.15) is 0 Å². The SMILES string of the molecule is Cc1ccc(C)c(Sc2nc(C)nc(Cl)c2C=O)c1. The van der Waals surface area contributed by atoms with Crippen molar-refractivity contribution in [3.63, 3.8) is 0 Å². The molecule has 0 saturated carbocycles. The third kappa shape index (κ3) is 3.14. The van der Waals surface area contributed by atoms with E-state index in [1.165, 1.54) is 11.8 Å². The van der Waals surface area contributed by atoms with Gasteiger partial charge in [-0.15, -0.1) is 0 Å². The van der Waals surface area contributed by atoms with E-state index in [9.17, 15) is 4.79 Å². The predicted octanol–water partition coefficient (Wildman–Crippen LogP) is 4.02. The minimum Gasteiger partial charge on any atom is -0.298 e. The third-order valence-electron chi connectivity index (χ3n) is 2.64. The largest absolute Gasteiger partial charge is 0.298 e. The molecule has 1 aromatic heterocycles. The zero-order valence-corrected chi connectivity index (χ0v) is 12.5. The molecule has 0 aliphatic heterocycles. The van der Waals surface area contributed by atoms with Gasteiger partial charge in [-0.1, -0.05) is 35.5 Å². The van der Waals surface area contributed by atoms with Gasteiger partial charge in [0.05, 0.1) is 5.56 Å². The molecule has 0 amide bonds. The summed E-state index contributed by atoms with van der Waals surface area (Å²) in [4.78, 5) is 20.5. The average Bonchev–Trinajstić information content (AvgIpc) is 2.33. The molecule has 98 valence electrons. The van der Waals surface area contributed by atoms with Crippen LogP contribution in [0.25, 0.3) is 0 Å². The molecular formula is C14H13ClN2OS. The van der Waals surface area contributed by atoms with Crippen molar-refractivity contribution >= 4 is 29.6 Å². The number of aldehydes is 1. The summed E-state index contributed by atoms with van der Waals surface area (Å²) in [6.45, 7) is 5.81. The van der Waals surface area contributed by atoms with Crippen molar-refractivity contribution in [2.24, 2.45) is 0 Å². The maximum Gasteiger partial charge on any atom is 0.155 e. The maximum atomic E-state index is 11.1. The Kier molecular flexibility index (Phi) is 4.22. The van der Waals surface area contributed by atoms with Crippen LogP contribution in [0.3, 0.4) is 0 Å². The first kappa shape index (κ1) is 14.0. The monoisotopic (exact) mass is 292 g/mol. The molecule has 2 aromatic rings. The van der Waals surface area contributed by atoms with Crippen molar-refractivity contribution in [1.29, 1.82) is 0 Å². The highest BCUT2D eigenvalue weighted by atomic mass is 35.5. The van der Waals surface area contributed by atoms with E-state index in [0.29, 0.717) is 22.7 Å². The fourth-order valence-electron chi connectivity index (χ4n) is 1.62. The summed E-state index contributed by atoms with van der Waals surface area (Å²) >= 11 is 7.42. The van der Waals surface area contributed by atoms with E-state index in [-0.39, 0.29) is 5.15 Å². The number of benzene rings is 1. The van der Waals surface area contributed by atoms with Crippen LogP contribution in [0, 0.1) is 20.8 Å². The molecule has 0 spiro atoms. The van der Waals surface area contributed by atoms with Crippen molar-refractivity contribution in [3.8, 4) is 0 Å². The Morgan fingerprint density at radius 1 is 1.21 bits per heavy atom. The van der Waals surface area contributed by atoms with Crippen LogP contribution in [0.5, 0.6) is 0 Å². The van der Waals surface area contributed by atoms with Crippen molar-refractivity contribution in [2.75, 3.05) is 0 Å². The number of aromatic nitrogens is 2. The van der Waals surface area contributed by atoms with Gasteiger partial charge in [0.25, 0.3) is 0 Å². The molecule has 2 rings (SSSR count). The first-order valence-corrected chi connectivity index (χ1v) is 6.95. The van der Waals surface area contributed by atoms with Crippen LogP contribution in [0.1, 0.15) is 27.3 Å². The third-order valence-corrected chi connectivity index (χ3v) is 4.10. The second-order valence-electron chi connectivity index (χ2n) is 4.27.